The first-order valence-corrected chi connectivity index (χ1v) is 6.73. The van der Waals surface area contributed by atoms with Gasteiger partial charge in [0.1, 0.15) is 12.4 Å². The molecule has 2 rings (SSSR count). The van der Waals surface area contributed by atoms with Crippen molar-refractivity contribution in [2.45, 2.75) is 52.2 Å². The zero-order valence-electron chi connectivity index (χ0n) is 12.1. The van der Waals surface area contributed by atoms with Gasteiger partial charge >= 0.3 is 0 Å². The van der Waals surface area contributed by atoms with E-state index in [0.29, 0.717) is 12.2 Å². The molecular weight excluding hydrogens is 238 g/mol. The van der Waals surface area contributed by atoms with Crippen LogP contribution in [-0.2, 0) is 4.74 Å². The molecule has 19 heavy (non-hydrogen) atoms. The van der Waals surface area contributed by atoms with Crippen LogP contribution < -0.4 is 4.74 Å². The molecule has 1 unspecified atom stereocenters. The van der Waals surface area contributed by atoms with Crippen LogP contribution in [0.15, 0.2) is 12.1 Å². The molecule has 1 aromatic rings. The van der Waals surface area contributed by atoms with Crippen molar-refractivity contribution < 1.29 is 9.47 Å². The molecule has 0 radical (unpaired) electrons. The van der Waals surface area contributed by atoms with E-state index in [4.69, 9.17) is 14.7 Å². The third kappa shape index (κ3) is 3.27. The molecule has 3 heteroatoms. The van der Waals surface area contributed by atoms with Crippen molar-refractivity contribution >= 4 is 0 Å². The van der Waals surface area contributed by atoms with Crippen LogP contribution in [0.3, 0.4) is 0 Å². The summed E-state index contributed by atoms with van der Waals surface area (Å²) in [5.41, 5.74) is 2.67. The molecule has 1 saturated heterocycles. The van der Waals surface area contributed by atoms with Crippen molar-refractivity contribution in [2.75, 3.05) is 6.61 Å². The molecule has 1 fully saturated rings. The lowest BCUT2D eigenvalue weighted by Crippen LogP contribution is -2.24. The van der Waals surface area contributed by atoms with Gasteiger partial charge in [-0.3, -0.25) is 0 Å². The SMILES string of the molecule is Cc1cc(C#N)cc(C)c1OCC1CCC(C)(C)O1. The van der Waals surface area contributed by atoms with Gasteiger partial charge in [0.15, 0.2) is 0 Å². The largest absolute Gasteiger partial charge is 0.490 e. The zero-order valence-corrected chi connectivity index (χ0v) is 12.1. The van der Waals surface area contributed by atoms with Gasteiger partial charge in [-0.1, -0.05) is 0 Å². The van der Waals surface area contributed by atoms with E-state index in [9.17, 15) is 0 Å². The van der Waals surface area contributed by atoms with Crippen LogP contribution in [-0.4, -0.2) is 18.3 Å². The van der Waals surface area contributed by atoms with Gasteiger partial charge in [-0.25, -0.2) is 0 Å². The van der Waals surface area contributed by atoms with E-state index in [1.165, 1.54) is 0 Å². The van der Waals surface area contributed by atoms with Gasteiger partial charge in [0.25, 0.3) is 0 Å². The van der Waals surface area contributed by atoms with E-state index in [0.717, 1.165) is 29.7 Å². The number of hydrogen-bond donors (Lipinski definition) is 0. The Morgan fingerprint density at radius 2 is 2.00 bits per heavy atom. The second-order valence-corrected chi connectivity index (χ2v) is 5.90. The van der Waals surface area contributed by atoms with Gasteiger partial charge in [-0.05, 0) is 63.8 Å². The van der Waals surface area contributed by atoms with Crippen molar-refractivity contribution in [1.29, 1.82) is 5.26 Å². The first-order chi connectivity index (χ1) is 8.91. The summed E-state index contributed by atoms with van der Waals surface area (Å²) in [4.78, 5) is 0. The van der Waals surface area contributed by atoms with E-state index in [1.54, 1.807) is 0 Å². The third-order valence-corrected chi connectivity index (χ3v) is 3.56. The van der Waals surface area contributed by atoms with Gasteiger partial charge in [0, 0.05) is 0 Å². The first-order valence-electron chi connectivity index (χ1n) is 6.73. The molecule has 0 saturated carbocycles. The second kappa shape index (κ2) is 5.22. The zero-order chi connectivity index (χ0) is 14.0. The lowest BCUT2D eigenvalue weighted by molar-refractivity contribution is -0.0328. The Balaban J connectivity index is 2.03. The molecule has 0 N–H and O–H groups in total. The van der Waals surface area contributed by atoms with Crippen molar-refractivity contribution in [3.05, 3.63) is 28.8 Å². The summed E-state index contributed by atoms with van der Waals surface area (Å²) in [6, 6.07) is 5.89. The van der Waals surface area contributed by atoms with Crippen molar-refractivity contribution in [1.82, 2.24) is 0 Å². The van der Waals surface area contributed by atoms with E-state index in [-0.39, 0.29) is 11.7 Å². The molecule has 1 heterocycles. The predicted molar refractivity (Wildman–Crippen MR) is 74.3 cm³/mol. The van der Waals surface area contributed by atoms with Crippen LogP contribution in [0, 0.1) is 25.2 Å². The average Bonchev–Trinajstić information content (AvgIpc) is 2.67. The number of hydrogen-bond acceptors (Lipinski definition) is 3. The van der Waals surface area contributed by atoms with Crippen LogP contribution in [0.4, 0.5) is 0 Å². The molecule has 0 amide bonds. The Morgan fingerprint density at radius 3 is 2.47 bits per heavy atom. The number of nitrogens with zero attached hydrogens (tertiary/aromatic N) is 1. The van der Waals surface area contributed by atoms with Gasteiger partial charge in [0.2, 0.25) is 0 Å². The summed E-state index contributed by atoms with van der Waals surface area (Å²) in [5.74, 6) is 0.882. The van der Waals surface area contributed by atoms with E-state index in [1.807, 2.05) is 26.0 Å². The minimum Gasteiger partial charge on any atom is -0.490 e. The van der Waals surface area contributed by atoms with Gasteiger partial charge < -0.3 is 9.47 Å². The highest BCUT2D eigenvalue weighted by Gasteiger charge is 2.32. The normalized spacial score (nSPS) is 21.1. The maximum absolute atomic E-state index is 8.93. The Labute approximate surface area is 115 Å². The minimum absolute atomic E-state index is 0.0250. The average molecular weight is 259 g/mol. The Bertz CT molecular complexity index is 491. The summed E-state index contributed by atoms with van der Waals surface area (Å²) in [7, 11) is 0. The maximum Gasteiger partial charge on any atom is 0.125 e. The fourth-order valence-corrected chi connectivity index (χ4v) is 2.61. The second-order valence-electron chi connectivity index (χ2n) is 5.90. The van der Waals surface area contributed by atoms with Crippen LogP contribution in [0.5, 0.6) is 5.75 Å². The highest BCUT2D eigenvalue weighted by atomic mass is 16.6. The van der Waals surface area contributed by atoms with Crippen LogP contribution in [0.2, 0.25) is 0 Å². The molecule has 0 spiro atoms. The smallest absolute Gasteiger partial charge is 0.125 e. The molecule has 3 nitrogen and oxygen atoms in total. The Kier molecular flexibility index (Phi) is 3.82. The number of aryl methyl sites for hydroxylation is 2. The lowest BCUT2D eigenvalue weighted by Gasteiger charge is -2.20. The fraction of sp³-hybridized carbons (Fsp3) is 0.562. The quantitative estimate of drug-likeness (QED) is 0.834. The third-order valence-electron chi connectivity index (χ3n) is 3.56. The standard InChI is InChI=1S/C16H21NO2/c1-11-7-13(9-17)8-12(2)15(11)18-10-14-5-6-16(3,4)19-14/h7-8,14H,5-6,10H2,1-4H3. The molecular formula is C16H21NO2. The van der Waals surface area contributed by atoms with E-state index >= 15 is 0 Å². The first kappa shape index (κ1) is 13.9. The molecule has 0 aromatic heterocycles. The summed E-state index contributed by atoms with van der Waals surface area (Å²) in [5, 5.41) is 8.93. The number of rotatable bonds is 3. The minimum atomic E-state index is -0.0250. The van der Waals surface area contributed by atoms with Crippen molar-refractivity contribution in [2.24, 2.45) is 0 Å². The van der Waals surface area contributed by atoms with Crippen LogP contribution in [0.1, 0.15) is 43.4 Å². The maximum atomic E-state index is 8.93. The highest BCUT2D eigenvalue weighted by molar-refractivity contribution is 5.47. The van der Waals surface area contributed by atoms with Crippen LogP contribution >= 0.6 is 0 Å². The van der Waals surface area contributed by atoms with Gasteiger partial charge in [0.05, 0.1) is 23.3 Å². The summed E-state index contributed by atoms with van der Waals surface area (Å²) in [6.07, 6.45) is 2.29. The molecule has 0 aliphatic carbocycles. The highest BCUT2D eigenvalue weighted by Crippen LogP contribution is 2.31. The van der Waals surface area contributed by atoms with Gasteiger partial charge in [-0.2, -0.15) is 5.26 Å². The Hall–Kier alpha value is -1.53. The molecule has 1 aliphatic rings. The fourth-order valence-electron chi connectivity index (χ4n) is 2.61. The van der Waals surface area contributed by atoms with E-state index < -0.39 is 0 Å². The van der Waals surface area contributed by atoms with E-state index in [2.05, 4.69) is 19.9 Å². The van der Waals surface area contributed by atoms with Gasteiger partial charge in [-0.15, -0.1) is 0 Å². The number of ether oxygens (including phenoxy) is 2. The number of benzene rings is 1. The predicted octanol–water partition coefficient (Wildman–Crippen LogP) is 3.51. The monoisotopic (exact) mass is 259 g/mol. The summed E-state index contributed by atoms with van der Waals surface area (Å²) in [6.45, 7) is 8.76. The molecule has 102 valence electrons. The Morgan fingerprint density at radius 1 is 1.37 bits per heavy atom. The summed E-state index contributed by atoms with van der Waals surface area (Å²) >= 11 is 0. The molecule has 1 atom stereocenters. The van der Waals surface area contributed by atoms with Crippen LogP contribution in [0.25, 0.3) is 0 Å². The molecule has 1 aromatic carbocycles. The lowest BCUT2D eigenvalue weighted by atomic mass is 10.1. The molecule has 0 bridgehead atoms. The summed E-state index contributed by atoms with van der Waals surface area (Å²) < 4.78 is 11.8. The topological polar surface area (TPSA) is 42.2 Å². The molecule has 1 aliphatic heterocycles. The number of nitriles is 1. The van der Waals surface area contributed by atoms with Crippen molar-refractivity contribution in [3.63, 3.8) is 0 Å². The van der Waals surface area contributed by atoms with Crippen molar-refractivity contribution in [3.8, 4) is 11.8 Å².